The molecular weight excluding hydrogens is 336 g/mol. The van der Waals surface area contributed by atoms with Crippen LogP contribution < -0.4 is 5.32 Å². The molecule has 5 nitrogen and oxygen atoms in total. The Kier molecular flexibility index (Phi) is 5.79. The first kappa shape index (κ1) is 18.4. The van der Waals surface area contributed by atoms with E-state index in [0.29, 0.717) is 19.5 Å². The van der Waals surface area contributed by atoms with Gasteiger partial charge in [0.05, 0.1) is 5.25 Å². The minimum absolute atomic E-state index is 0.0187. The molecular formula is C19H28N2O3S. The summed E-state index contributed by atoms with van der Waals surface area (Å²) < 4.78 is 24.1. The Hall–Kier alpha value is -1.40. The zero-order valence-corrected chi connectivity index (χ0v) is 15.7. The Bertz CT molecular complexity index is 717. The van der Waals surface area contributed by atoms with Gasteiger partial charge in [-0.05, 0) is 30.4 Å². The SMILES string of the molecule is CS(=O)(=O)C1CCCCC1NCc1ccccc1CN1CCCC1=O. The van der Waals surface area contributed by atoms with Crippen molar-refractivity contribution < 1.29 is 13.2 Å². The van der Waals surface area contributed by atoms with Gasteiger partial charge >= 0.3 is 0 Å². The summed E-state index contributed by atoms with van der Waals surface area (Å²) in [5.41, 5.74) is 2.30. The van der Waals surface area contributed by atoms with E-state index in [1.807, 2.05) is 17.0 Å². The molecule has 2 atom stereocenters. The van der Waals surface area contributed by atoms with Crippen LogP contribution in [0.25, 0.3) is 0 Å². The summed E-state index contributed by atoms with van der Waals surface area (Å²) in [7, 11) is -3.03. The Morgan fingerprint density at radius 3 is 2.52 bits per heavy atom. The predicted octanol–water partition coefficient (Wildman–Crippen LogP) is 2.25. The van der Waals surface area contributed by atoms with Crippen LogP contribution in [-0.2, 0) is 27.7 Å². The fraction of sp³-hybridized carbons (Fsp3) is 0.632. The van der Waals surface area contributed by atoms with E-state index in [1.165, 1.54) is 6.26 Å². The summed E-state index contributed by atoms with van der Waals surface area (Å²) in [5.74, 6) is 0.229. The summed E-state index contributed by atoms with van der Waals surface area (Å²) in [6.45, 7) is 2.13. The number of nitrogens with one attached hydrogen (secondary N) is 1. The summed E-state index contributed by atoms with van der Waals surface area (Å²) in [4.78, 5) is 13.8. The van der Waals surface area contributed by atoms with E-state index >= 15 is 0 Å². The zero-order chi connectivity index (χ0) is 17.9. The Morgan fingerprint density at radius 1 is 1.12 bits per heavy atom. The molecule has 1 aromatic carbocycles. The monoisotopic (exact) mass is 364 g/mol. The standard InChI is InChI=1S/C19H28N2O3S/c1-25(23,24)18-10-5-4-9-17(18)20-13-15-7-2-3-8-16(15)14-21-12-6-11-19(21)22/h2-3,7-8,17-18,20H,4-6,9-14H2,1H3. The number of likely N-dealkylation sites (tertiary alicyclic amines) is 1. The number of benzene rings is 1. The molecule has 1 amide bonds. The molecule has 1 heterocycles. The molecule has 0 radical (unpaired) electrons. The van der Waals surface area contributed by atoms with Gasteiger partial charge in [0.15, 0.2) is 9.84 Å². The molecule has 6 heteroatoms. The van der Waals surface area contributed by atoms with E-state index in [2.05, 4.69) is 17.4 Å². The van der Waals surface area contributed by atoms with Crippen molar-refractivity contribution in [2.24, 2.45) is 0 Å². The van der Waals surface area contributed by atoms with Crippen LogP contribution in [0.1, 0.15) is 49.7 Å². The third-order valence-corrected chi connectivity index (χ3v) is 7.12. The van der Waals surface area contributed by atoms with E-state index < -0.39 is 9.84 Å². The third-order valence-electron chi connectivity index (χ3n) is 5.46. The molecule has 0 bridgehead atoms. The number of nitrogens with zero attached hydrogens (tertiary/aromatic N) is 1. The number of carbonyl (C=O) groups is 1. The van der Waals surface area contributed by atoms with Crippen molar-refractivity contribution in [3.8, 4) is 0 Å². The first-order chi connectivity index (χ1) is 11.9. The van der Waals surface area contributed by atoms with Crippen LogP contribution in [0.5, 0.6) is 0 Å². The summed E-state index contributed by atoms with van der Waals surface area (Å²) in [5, 5.41) is 3.20. The maximum Gasteiger partial charge on any atom is 0.222 e. The molecule has 25 heavy (non-hydrogen) atoms. The lowest BCUT2D eigenvalue weighted by molar-refractivity contribution is -0.128. The van der Waals surface area contributed by atoms with Crippen molar-refractivity contribution in [1.82, 2.24) is 10.2 Å². The highest BCUT2D eigenvalue weighted by atomic mass is 32.2. The van der Waals surface area contributed by atoms with Crippen molar-refractivity contribution in [2.75, 3.05) is 12.8 Å². The van der Waals surface area contributed by atoms with Gasteiger partial charge in [-0.1, -0.05) is 37.1 Å². The lowest BCUT2D eigenvalue weighted by Crippen LogP contribution is -2.45. The molecule has 0 spiro atoms. The van der Waals surface area contributed by atoms with Crippen molar-refractivity contribution >= 4 is 15.7 Å². The minimum atomic E-state index is -3.03. The van der Waals surface area contributed by atoms with Gasteiger partial charge in [0, 0.05) is 38.4 Å². The summed E-state index contributed by atoms with van der Waals surface area (Å²) in [6.07, 6.45) is 6.67. The second-order valence-electron chi connectivity index (χ2n) is 7.33. The molecule has 0 aromatic heterocycles. The highest BCUT2D eigenvalue weighted by Gasteiger charge is 2.32. The number of rotatable bonds is 6. The average molecular weight is 365 g/mol. The number of amides is 1. The topological polar surface area (TPSA) is 66.5 Å². The van der Waals surface area contributed by atoms with Gasteiger partial charge < -0.3 is 10.2 Å². The van der Waals surface area contributed by atoms with E-state index in [9.17, 15) is 13.2 Å². The summed E-state index contributed by atoms with van der Waals surface area (Å²) >= 11 is 0. The Labute approximate surface area is 150 Å². The van der Waals surface area contributed by atoms with E-state index in [-0.39, 0.29) is 17.2 Å². The van der Waals surface area contributed by atoms with Gasteiger partial charge in [-0.15, -0.1) is 0 Å². The van der Waals surface area contributed by atoms with Crippen LogP contribution in [-0.4, -0.2) is 43.3 Å². The van der Waals surface area contributed by atoms with Crippen LogP contribution in [0.3, 0.4) is 0 Å². The lowest BCUT2D eigenvalue weighted by Gasteiger charge is -2.31. The maximum absolute atomic E-state index is 12.1. The van der Waals surface area contributed by atoms with Gasteiger partial charge in [0.25, 0.3) is 0 Å². The Morgan fingerprint density at radius 2 is 1.84 bits per heavy atom. The van der Waals surface area contributed by atoms with Gasteiger partial charge in [0.1, 0.15) is 0 Å². The molecule has 138 valence electrons. The fourth-order valence-electron chi connectivity index (χ4n) is 4.04. The number of hydrogen-bond acceptors (Lipinski definition) is 4. The molecule has 3 rings (SSSR count). The zero-order valence-electron chi connectivity index (χ0n) is 14.9. The largest absolute Gasteiger partial charge is 0.338 e. The second-order valence-corrected chi connectivity index (χ2v) is 9.59. The Balaban J connectivity index is 1.67. The van der Waals surface area contributed by atoms with Crippen molar-refractivity contribution in [3.63, 3.8) is 0 Å². The highest BCUT2D eigenvalue weighted by Crippen LogP contribution is 2.25. The van der Waals surface area contributed by atoms with Gasteiger partial charge in [-0.2, -0.15) is 0 Å². The molecule has 1 aliphatic carbocycles. The maximum atomic E-state index is 12.1. The third kappa shape index (κ3) is 4.61. The van der Waals surface area contributed by atoms with Crippen molar-refractivity contribution in [3.05, 3.63) is 35.4 Å². The van der Waals surface area contributed by atoms with Gasteiger partial charge in [-0.25, -0.2) is 8.42 Å². The molecule has 1 aliphatic heterocycles. The highest BCUT2D eigenvalue weighted by molar-refractivity contribution is 7.91. The van der Waals surface area contributed by atoms with Crippen LogP contribution in [0.2, 0.25) is 0 Å². The molecule has 1 saturated carbocycles. The van der Waals surface area contributed by atoms with E-state index in [0.717, 1.165) is 49.8 Å². The molecule has 2 unspecified atom stereocenters. The number of carbonyl (C=O) groups excluding carboxylic acids is 1. The first-order valence-corrected chi connectivity index (χ1v) is 11.2. The van der Waals surface area contributed by atoms with E-state index in [1.54, 1.807) is 0 Å². The van der Waals surface area contributed by atoms with Crippen LogP contribution in [0.4, 0.5) is 0 Å². The van der Waals surface area contributed by atoms with Crippen LogP contribution >= 0.6 is 0 Å². The lowest BCUT2D eigenvalue weighted by atomic mass is 9.94. The average Bonchev–Trinajstić information content (AvgIpc) is 2.98. The van der Waals surface area contributed by atoms with Gasteiger partial charge in [-0.3, -0.25) is 4.79 Å². The molecule has 1 aromatic rings. The number of hydrogen-bond donors (Lipinski definition) is 1. The molecule has 2 aliphatic rings. The smallest absolute Gasteiger partial charge is 0.222 e. The van der Waals surface area contributed by atoms with Crippen LogP contribution in [0.15, 0.2) is 24.3 Å². The normalized spacial score (nSPS) is 24.7. The summed E-state index contributed by atoms with van der Waals surface area (Å²) in [6, 6.07) is 8.16. The first-order valence-electron chi connectivity index (χ1n) is 9.22. The quantitative estimate of drug-likeness (QED) is 0.841. The minimum Gasteiger partial charge on any atom is -0.338 e. The number of sulfone groups is 1. The fourth-order valence-corrected chi connectivity index (χ4v) is 5.47. The van der Waals surface area contributed by atoms with Gasteiger partial charge in [0.2, 0.25) is 5.91 Å². The second kappa shape index (κ2) is 7.87. The van der Waals surface area contributed by atoms with Crippen molar-refractivity contribution in [2.45, 2.75) is 62.9 Å². The van der Waals surface area contributed by atoms with Crippen molar-refractivity contribution in [1.29, 1.82) is 0 Å². The van der Waals surface area contributed by atoms with Crippen LogP contribution in [0, 0.1) is 0 Å². The van der Waals surface area contributed by atoms with E-state index in [4.69, 9.17) is 0 Å². The molecule has 2 fully saturated rings. The molecule has 1 saturated heterocycles. The predicted molar refractivity (Wildman–Crippen MR) is 98.8 cm³/mol. The molecule has 1 N–H and O–H groups in total.